The van der Waals surface area contributed by atoms with Gasteiger partial charge in [0, 0.05) is 29.2 Å². The topological polar surface area (TPSA) is 34.0 Å². The number of rotatable bonds is 4. The van der Waals surface area contributed by atoms with E-state index in [2.05, 4.69) is 5.32 Å². The molecular formula is C22H21FN2O. The summed E-state index contributed by atoms with van der Waals surface area (Å²) in [6.45, 7) is 0. The summed E-state index contributed by atoms with van der Waals surface area (Å²) in [6.07, 6.45) is 7.42. The molecular weight excluding hydrogens is 327 g/mol. The van der Waals surface area contributed by atoms with E-state index >= 15 is 0 Å². The molecule has 3 aromatic rings. The van der Waals surface area contributed by atoms with Crippen LogP contribution in [0.15, 0.2) is 73.1 Å². The van der Waals surface area contributed by atoms with Gasteiger partial charge in [-0.05, 0) is 55.3 Å². The lowest BCUT2D eigenvalue weighted by atomic mass is 9.87. The van der Waals surface area contributed by atoms with Gasteiger partial charge in [-0.3, -0.25) is 4.79 Å². The molecule has 1 aromatic heterocycles. The molecule has 0 unspecified atom stereocenters. The van der Waals surface area contributed by atoms with Gasteiger partial charge in [-0.1, -0.05) is 31.0 Å². The van der Waals surface area contributed by atoms with Crippen LogP contribution in [0, 0.1) is 5.82 Å². The normalized spacial score (nSPS) is 15.7. The number of hydrogen-bond donors (Lipinski definition) is 1. The van der Waals surface area contributed by atoms with Crippen molar-refractivity contribution in [2.45, 2.75) is 31.2 Å². The van der Waals surface area contributed by atoms with Crippen LogP contribution in [-0.2, 0) is 5.54 Å². The lowest BCUT2D eigenvalue weighted by Gasteiger charge is -2.31. The minimum Gasteiger partial charge on any atom is -0.342 e. The highest BCUT2D eigenvalue weighted by atomic mass is 19.1. The van der Waals surface area contributed by atoms with Crippen molar-refractivity contribution in [1.82, 2.24) is 9.88 Å². The smallest absolute Gasteiger partial charge is 0.251 e. The monoisotopic (exact) mass is 348 g/mol. The summed E-state index contributed by atoms with van der Waals surface area (Å²) in [5, 5.41) is 3.13. The van der Waals surface area contributed by atoms with Gasteiger partial charge in [-0.25, -0.2) is 4.39 Å². The Kier molecular flexibility index (Phi) is 4.33. The van der Waals surface area contributed by atoms with E-state index in [0.29, 0.717) is 11.1 Å². The van der Waals surface area contributed by atoms with E-state index < -0.39 is 5.54 Å². The molecule has 1 aliphatic rings. The first-order valence-electron chi connectivity index (χ1n) is 8.99. The molecule has 0 saturated heterocycles. The third-order valence-electron chi connectivity index (χ3n) is 5.23. The highest BCUT2D eigenvalue weighted by Crippen LogP contribution is 2.40. The van der Waals surface area contributed by atoms with Gasteiger partial charge < -0.3 is 9.88 Å². The molecule has 1 aliphatic carbocycles. The number of carbonyl (C=O) groups is 1. The van der Waals surface area contributed by atoms with Gasteiger partial charge in [0.15, 0.2) is 0 Å². The standard InChI is InChI=1S/C22H21FN2O/c23-20-8-2-1-7-19(20)22(13-3-4-14-22)24-21(26)17-9-11-18(12-10-17)25-15-5-6-16-25/h1-2,5-12,15-16H,3-4,13-14H2,(H,24,26). The molecule has 1 N–H and O–H groups in total. The zero-order chi connectivity index (χ0) is 18.0. The minimum absolute atomic E-state index is 0.158. The van der Waals surface area contributed by atoms with Crippen LogP contribution in [0.2, 0.25) is 0 Å². The van der Waals surface area contributed by atoms with Crippen molar-refractivity contribution in [3.05, 3.63) is 90.0 Å². The number of nitrogens with zero attached hydrogens (tertiary/aromatic N) is 1. The molecule has 0 bridgehead atoms. The van der Waals surface area contributed by atoms with Crippen molar-refractivity contribution >= 4 is 5.91 Å². The second-order valence-electron chi connectivity index (χ2n) is 6.86. The Morgan fingerprint density at radius 3 is 2.23 bits per heavy atom. The molecule has 1 heterocycles. The Morgan fingerprint density at radius 2 is 1.58 bits per heavy atom. The molecule has 0 atom stereocenters. The lowest BCUT2D eigenvalue weighted by Crippen LogP contribution is -2.44. The maximum atomic E-state index is 14.4. The molecule has 4 heteroatoms. The summed E-state index contributed by atoms with van der Waals surface area (Å²) >= 11 is 0. The lowest BCUT2D eigenvalue weighted by molar-refractivity contribution is 0.0896. The largest absolute Gasteiger partial charge is 0.342 e. The van der Waals surface area contributed by atoms with E-state index in [1.165, 1.54) is 6.07 Å². The average molecular weight is 348 g/mol. The summed E-state index contributed by atoms with van der Waals surface area (Å²) in [5.74, 6) is -0.410. The number of hydrogen-bond acceptors (Lipinski definition) is 1. The van der Waals surface area contributed by atoms with E-state index in [4.69, 9.17) is 0 Å². The number of benzene rings is 2. The first kappa shape index (κ1) is 16.6. The highest BCUT2D eigenvalue weighted by Gasteiger charge is 2.39. The molecule has 0 radical (unpaired) electrons. The summed E-state index contributed by atoms with van der Waals surface area (Å²) in [5.41, 5.74) is 1.57. The summed E-state index contributed by atoms with van der Waals surface area (Å²) in [4.78, 5) is 12.8. The van der Waals surface area contributed by atoms with Gasteiger partial charge in [0.05, 0.1) is 5.54 Å². The number of aromatic nitrogens is 1. The molecule has 1 amide bonds. The molecule has 2 aromatic carbocycles. The minimum atomic E-state index is -0.610. The van der Waals surface area contributed by atoms with E-state index in [9.17, 15) is 9.18 Å². The molecule has 0 spiro atoms. The van der Waals surface area contributed by atoms with Crippen molar-refractivity contribution in [1.29, 1.82) is 0 Å². The van der Waals surface area contributed by atoms with E-state index in [-0.39, 0.29) is 11.7 Å². The summed E-state index contributed by atoms with van der Waals surface area (Å²) < 4.78 is 16.4. The zero-order valence-electron chi connectivity index (χ0n) is 14.5. The van der Waals surface area contributed by atoms with Crippen molar-refractivity contribution in [2.75, 3.05) is 0 Å². The number of amides is 1. The van der Waals surface area contributed by atoms with Crippen molar-refractivity contribution in [2.24, 2.45) is 0 Å². The number of nitrogens with one attached hydrogen (secondary N) is 1. The third-order valence-corrected chi connectivity index (χ3v) is 5.23. The maximum Gasteiger partial charge on any atom is 0.251 e. The molecule has 0 aliphatic heterocycles. The Morgan fingerprint density at radius 1 is 0.923 bits per heavy atom. The van der Waals surface area contributed by atoms with Crippen LogP contribution in [0.25, 0.3) is 5.69 Å². The molecule has 1 fully saturated rings. The Hall–Kier alpha value is -2.88. The zero-order valence-corrected chi connectivity index (χ0v) is 14.5. The number of carbonyl (C=O) groups excluding carboxylic acids is 1. The van der Waals surface area contributed by atoms with Gasteiger partial charge in [-0.2, -0.15) is 0 Å². The van der Waals surface area contributed by atoms with Gasteiger partial charge in [0.2, 0.25) is 0 Å². The van der Waals surface area contributed by atoms with Crippen LogP contribution in [-0.4, -0.2) is 10.5 Å². The first-order valence-corrected chi connectivity index (χ1v) is 8.99. The fourth-order valence-electron chi connectivity index (χ4n) is 3.87. The van der Waals surface area contributed by atoms with Gasteiger partial charge in [-0.15, -0.1) is 0 Å². The Bertz CT molecular complexity index is 894. The second kappa shape index (κ2) is 6.79. The van der Waals surface area contributed by atoms with Gasteiger partial charge in [0.1, 0.15) is 5.82 Å². The van der Waals surface area contributed by atoms with Gasteiger partial charge in [0.25, 0.3) is 5.91 Å². The quantitative estimate of drug-likeness (QED) is 0.721. The van der Waals surface area contributed by atoms with Crippen LogP contribution >= 0.6 is 0 Å². The number of halogens is 1. The summed E-state index contributed by atoms with van der Waals surface area (Å²) in [6, 6.07) is 18.1. The molecule has 132 valence electrons. The fraction of sp³-hybridized carbons (Fsp3) is 0.227. The average Bonchev–Trinajstić information content (AvgIpc) is 3.35. The molecule has 4 rings (SSSR count). The second-order valence-corrected chi connectivity index (χ2v) is 6.86. The van der Waals surface area contributed by atoms with E-state index in [1.54, 1.807) is 12.1 Å². The van der Waals surface area contributed by atoms with Crippen molar-refractivity contribution in [3.8, 4) is 5.69 Å². The van der Waals surface area contributed by atoms with Crippen molar-refractivity contribution < 1.29 is 9.18 Å². The SMILES string of the molecule is O=C(NC1(c2ccccc2F)CCCC1)c1ccc(-n2cccc2)cc1. The van der Waals surface area contributed by atoms with Crippen LogP contribution < -0.4 is 5.32 Å². The third kappa shape index (κ3) is 3.03. The van der Waals surface area contributed by atoms with E-state index in [1.807, 2.05) is 59.4 Å². The van der Waals surface area contributed by atoms with Crippen molar-refractivity contribution in [3.63, 3.8) is 0 Å². The Balaban J connectivity index is 1.59. The van der Waals surface area contributed by atoms with Crippen LogP contribution in [0.1, 0.15) is 41.6 Å². The van der Waals surface area contributed by atoms with Crippen LogP contribution in [0.3, 0.4) is 0 Å². The Labute approximate surface area is 152 Å². The molecule has 1 saturated carbocycles. The first-order chi connectivity index (χ1) is 12.7. The predicted molar refractivity (Wildman–Crippen MR) is 99.8 cm³/mol. The maximum absolute atomic E-state index is 14.4. The van der Waals surface area contributed by atoms with Crippen LogP contribution in [0.5, 0.6) is 0 Å². The summed E-state index contributed by atoms with van der Waals surface area (Å²) in [7, 11) is 0. The van der Waals surface area contributed by atoms with Gasteiger partial charge >= 0.3 is 0 Å². The van der Waals surface area contributed by atoms with Crippen LogP contribution in [0.4, 0.5) is 4.39 Å². The molecule has 3 nitrogen and oxygen atoms in total. The fourth-order valence-corrected chi connectivity index (χ4v) is 3.87. The highest BCUT2D eigenvalue weighted by molar-refractivity contribution is 5.95. The molecule has 26 heavy (non-hydrogen) atoms. The van der Waals surface area contributed by atoms with E-state index in [0.717, 1.165) is 31.4 Å². The predicted octanol–water partition coefficient (Wildman–Crippen LogP) is 4.82.